The molecule has 0 saturated heterocycles. The summed E-state index contributed by atoms with van der Waals surface area (Å²) in [7, 11) is 0. The smallest absolute Gasteiger partial charge is 0.196 e. The molecule has 0 aliphatic rings. The summed E-state index contributed by atoms with van der Waals surface area (Å²) < 4.78 is 2.08. The van der Waals surface area contributed by atoms with Crippen LogP contribution in [0.15, 0.2) is 96.3 Å². The Morgan fingerprint density at radius 1 is 0.800 bits per heavy atom. The molecular formula is C24H18N4OS. The standard InChI is InChI=1S/C24H18N4OS/c29-21-14-13-18(20-12-7-15-25-22(20)21)16-30-24-27-26-23(17-8-3-1-4-9-17)28(24)19-10-5-2-6-11-19/h1-15,29H,16H2. The first-order chi connectivity index (χ1) is 14.8. The Kier molecular flexibility index (Phi) is 4.91. The molecule has 5 aromatic rings. The predicted octanol–water partition coefficient (Wildman–Crippen LogP) is 5.48. The van der Waals surface area contributed by atoms with E-state index in [1.165, 1.54) is 0 Å². The van der Waals surface area contributed by atoms with Crippen LogP contribution in [0.3, 0.4) is 0 Å². The minimum atomic E-state index is 0.193. The van der Waals surface area contributed by atoms with Crippen molar-refractivity contribution in [1.29, 1.82) is 0 Å². The molecule has 2 heterocycles. The summed E-state index contributed by atoms with van der Waals surface area (Å²) in [6.07, 6.45) is 1.69. The van der Waals surface area contributed by atoms with Gasteiger partial charge in [-0.05, 0) is 29.8 Å². The summed E-state index contributed by atoms with van der Waals surface area (Å²) in [5.74, 6) is 1.68. The molecule has 5 rings (SSSR count). The minimum absolute atomic E-state index is 0.193. The molecule has 0 atom stereocenters. The summed E-state index contributed by atoms with van der Waals surface area (Å²) in [6, 6.07) is 27.7. The fraction of sp³-hybridized carbons (Fsp3) is 0.0417. The maximum absolute atomic E-state index is 10.1. The quantitative estimate of drug-likeness (QED) is 0.389. The fourth-order valence-electron chi connectivity index (χ4n) is 3.43. The van der Waals surface area contributed by atoms with Crippen molar-refractivity contribution in [2.75, 3.05) is 0 Å². The van der Waals surface area contributed by atoms with Gasteiger partial charge in [-0.15, -0.1) is 10.2 Å². The number of benzene rings is 3. The van der Waals surface area contributed by atoms with E-state index in [4.69, 9.17) is 0 Å². The Morgan fingerprint density at radius 3 is 2.37 bits per heavy atom. The van der Waals surface area contributed by atoms with E-state index in [0.29, 0.717) is 11.3 Å². The number of aromatic nitrogens is 4. The normalized spacial score (nSPS) is 11.1. The molecule has 1 N–H and O–H groups in total. The lowest BCUT2D eigenvalue weighted by Crippen LogP contribution is -1.99. The molecule has 5 nitrogen and oxygen atoms in total. The van der Waals surface area contributed by atoms with Crippen LogP contribution >= 0.6 is 11.8 Å². The molecule has 0 amide bonds. The van der Waals surface area contributed by atoms with Crippen molar-refractivity contribution in [3.63, 3.8) is 0 Å². The second-order valence-corrected chi connectivity index (χ2v) is 7.72. The second kappa shape index (κ2) is 8.00. The van der Waals surface area contributed by atoms with Crippen LogP contribution in [0.4, 0.5) is 0 Å². The number of thioether (sulfide) groups is 1. The van der Waals surface area contributed by atoms with E-state index >= 15 is 0 Å². The number of phenols is 1. The van der Waals surface area contributed by atoms with Crippen LogP contribution in [0.25, 0.3) is 28.0 Å². The van der Waals surface area contributed by atoms with Gasteiger partial charge in [-0.3, -0.25) is 9.55 Å². The third-order valence-corrected chi connectivity index (χ3v) is 5.85. The number of phenolic OH excluding ortho intramolecular Hbond substituents is 1. The highest BCUT2D eigenvalue weighted by Gasteiger charge is 2.16. The van der Waals surface area contributed by atoms with Gasteiger partial charge in [0.05, 0.1) is 0 Å². The van der Waals surface area contributed by atoms with E-state index < -0.39 is 0 Å². The van der Waals surface area contributed by atoms with Crippen LogP contribution in [0.2, 0.25) is 0 Å². The van der Waals surface area contributed by atoms with E-state index in [9.17, 15) is 5.11 Å². The highest BCUT2D eigenvalue weighted by molar-refractivity contribution is 7.98. The van der Waals surface area contributed by atoms with Crippen molar-refractivity contribution in [2.24, 2.45) is 0 Å². The summed E-state index contributed by atoms with van der Waals surface area (Å²) in [4.78, 5) is 4.31. The van der Waals surface area contributed by atoms with Crippen molar-refractivity contribution in [2.45, 2.75) is 10.9 Å². The molecule has 0 bridgehead atoms. The Balaban J connectivity index is 1.55. The largest absolute Gasteiger partial charge is 0.506 e. The Bertz CT molecular complexity index is 1300. The summed E-state index contributed by atoms with van der Waals surface area (Å²) in [5.41, 5.74) is 3.73. The number of rotatable bonds is 5. The molecule has 146 valence electrons. The maximum atomic E-state index is 10.1. The van der Waals surface area contributed by atoms with Gasteiger partial charge in [0, 0.05) is 28.6 Å². The van der Waals surface area contributed by atoms with Crippen molar-refractivity contribution in [1.82, 2.24) is 19.7 Å². The Morgan fingerprint density at radius 2 is 1.57 bits per heavy atom. The molecule has 0 unspecified atom stereocenters. The predicted molar refractivity (Wildman–Crippen MR) is 120 cm³/mol. The first-order valence-corrected chi connectivity index (χ1v) is 10.5. The molecule has 0 spiro atoms. The number of para-hydroxylation sites is 1. The number of pyridine rings is 1. The van der Waals surface area contributed by atoms with Crippen molar-refractivity contribution in [3.05, 3.63) is 96.7 Å². The Labute approximate surface area is 178 Å². The molecule has 0 fully saturated rings. The molecular weight excluding hydrogens is 392 g/mol. The maximum Gasteiger partial charge on any atom is 0.196 e. The highest BCUT2D eigenvalue weighted by Crippen LogP contribution is 2.33. The fourth-order valence-corrected chi connectivity index (χ4v) is 4.39. The molecule has 0 aliphatic heterocycles. The van der Waals surface area contributed by atoms with E-state index in [-0.39, 0.29) is 5.75 Å². The van der Waals surface area contributed by atoms with E-state index in [1.54, 1.807) is 24.0 Å². The van der Waals surface area contributed by atoms with Crippen molar-refractivity contribution >= 4 is 22.7 Å². The summed E-state index contributed by atoms with van der Waals surface area (Å²) in [6.45, 7) is 0. The molecule has 6 heteroatoms. The number of hydrogen-bond donors (Lipinski definition) is 1. The first-order valence-electron chi connectivity index (χ1n) is 9.56. The van der Waals surface area contributed by atoms with Gasteiger partial charge in [-0.25, -0.2) is 0 Å². The molecule has 0 radical (unpaired) electrons. The van der Waals surface area contributed by atoms with Gasteiger partial charge in [0.1, 0.15) is 11.3 Å². The zero-order valence-electron chi connectivity index (χ0n) is 16.0. The number of fused-ring (bicyclic) bond motifs is 1. The summed E-state index contributed by atoms with van der Waals surface area (Å²) >= 11 is 1.61. The summed E-state index contributed by atoms with van der Waals surface area (Å²) in [5, 5.41) is 20.8. The van der Waals surface area contributed by atoms with Crippen LogP contribution in [0, 0.1) is 0 Å². The molecule has 3 aromatic carbocycles. The van der Waals surface area contributed by atoms with Gasteiger partial charge in [0.15, 0.2) is 11.0 Å². The van der Waals surface area contributed by atoms with Crippen LogP contribution in [-0.4, -0.2) is 24.9 Å². The molecule has 0 aliphatic carbocycles. The molecule has 0 saturated carbocycles. The average Bonchev–Trinajstić information content (AvgIpc) is 3.24. The molecule has 2 aromatic heterocycles. The third-order valence-electron chi connectivity index (χ3n) is 4.88. The van der Waals surface area contributed by atoms with Crippen LogP contribution in [-0.2, 0) is 5.75 Å². The van der Waals surface area contributed by atoms with E-state index in [2.05, 4.69) is 31.9 Å². The minimum Gasteiger partial charge on any atom is -0.506 e. The topological polar surface area (TPSA) is 63.8 Å². The number of aromatic hydroxyl groups is 1. The van der Waals surface area contributed by atoms with Gasteiger partial charge < -0.3 is 5.11 Å². The van der Waals surface area contributed by atoms with Gasteiger partial charge in [0.2, 0.25) is 0 Å². The van der Waals surface area contributed by atoms with Gasteiger partial charge in [0.25, 0.3) is 0 Å². The lowest BCUT2D eigenvalue weighted by molar-refractivity contribution is 0.480. The van der Waals surface area contributed by atoms with Crippen molar-refractivity contribution in [3.8, 4) is 22.8 Å². The van der Waals surface area contributed by atoms with Crippen LogP contribution in [0.5, 0.6) is 5.75 Å². The third kappa shape index (κ3) is 3.42. The van der Waals surface area contributed by atoms with Crippen LogP contribution < -0.4 is 0 Å². The lowest BCUT2D eigenvalue weighted by Gasteiger charge is -2.11. The first kappa shape index (κ1) is 18.4. The Hall–Kier alpha value is -3.64. The number of hydrogen-bond acceptors (Lipinski definition) is 5. The monoisotopic (exact) mass is 410 g/mol. The number of nitrogens with zero attached hydrogens (tertiary/aromatic N) is 4. The SMILES string of the molecule is Oc1ccc(CSc2nnc(-c3ccccc3)n2-c2ccccc2)c2cccnc12. The average molecular weight is 411 g/mol. The van der Waals surface area contributed by atoms with Gasteiger partial charge in [-0.2, -0.15) is 0 Å². The second-order valence-electron chi connectivity index (χ2n) is 6.78. The van der Waals surface area contributed by atoms with Crippen molar-refractivity contribution < 1.29 is 5.11 Å². The molecule has 30 heavy (non-hydrogen) atoms. The highest BCUT2D eigenvalue weighted by atomic mass is 32.2. The lowest BCUT2D eigenvalue weighted by atomic mass is 10.1. The van der Waals surface area contributed by atoms with Gasteiger partial charge in [-0.1, -0.05) is 72.4 Å². The zero-order valence-corrected chi connectivity index (χ0v) is 16.8. The van der Waals surface area contributed by atoms with E-state index in [0.717, 1.165) is 33.2 Å². The van der Waals surface area contributed by atoms with Gasteiger partial charge >= 0.3 is 0 Å². The van der Waals surface area contributed by atoms with Crippen LogP contribution in [0.1, 0.15) is 5.56 Å². The van der Waals surface area contributed by atoms with E-state index in [1.807, 2.05) is 66.7 Å². The zero-order chi connectivity index (χ0) is 20.3.